The molecule has 0 radical (unpaired) electrons. The summed E-state index contributed by atoms with van der Waals surface area (Å²) >= 11 is 5.56. The van der Waals surface area contributed by atoms with E-state index in [-0.39, 0.29) is 0 Å². The molecule has 0 amide bonds. The molecule has 0 bridgehead atoms. The van der Waals surface area contributed by atoms with E-state index in [4.69, 9.17) is 11.6 Å². The van der Waals surface area contributed by atoms with E-state index in [0.717, 1.165) is 11.4 Å². The first-order chi connectivity index (χ1) is 5.24. The predicted molar refractivity (Wildman–Crippen MR) is 45.7 cm³/mol. The quantitative estimate of drug-likeness (QED) is 0.637. The lowest BCUT2D eigenvalue weighted by atomic mass is 10.1. The van der Waals surface area contributed by atoms with Gasteiger partial charge in [0.05, 0.1) is 17.3 Å². The maximum Gasteiger partial charge on any atom is 0.0734 e. The Bertz CT molecular complexity index is 218. The van der Waals surface area contributed by atoms with Gasteiger partial charge in [-0.2, -0.15) is 0 Å². The largest absolute Gasteiger partial charge is 0.257 e. The minimum atomic E-state index is 0.436. The summed E-state index contributed by atoms with van der Waals surface area (Å²) in [6, 6.07) is 0. The molecule has 0 aliphatic carbocycles. The highest BCUT2D eigenvalue weighted by molar-refractivity contribution is 6.16. The van der Waals surface area contributed by atoms with Crippen LogP contribution in [0.15, 0.2) is 12.4 Å². The van der Waals surface area contributed by atoms with E-state index in [2.05, 4.69) is 23.8 Å². The van der Waals surface area contributed by atoms with Gasteiger partial charge in [0.25, 0.3) is 0 Å². The smallest absolute Gasteiger partial charge is 0.0734 e. The fraction of sp³-hybridized carbons (Fsp3) is 0.500. The van der Waals surface area contributed by atoms with Crippen molar-refractivity contribution in [2.75, 3.05) is 0 Å². The zero-order valence-electron chi connectivity index (χ0n) is 6.71. The van der Waals surface area contributed by atoms with Gasteiger partial charge in [0.2, 0.25) is 0 Å². The molecule has 0 saturated carbocycles. The zero-order valence-corrected chi connectivity index (χ0v) is 7.47. The molecule has 1 aromatic heterocycles. The molecular weight excluding hydrogens is 160 g/mol. The monoisotopic (exact) mass is 170 g/mol. The van der Waals surface area contributed by atoms with Crippen LogP contribution in [0.5, 0.6) is 0 Å². The summed E-state index contributed by atoms with van der Waals surface area (Å²) in [4.78, 5) is 8.33. The summed E-state index contributed by atoms with van der Waals surface area (Å²) in [7, 11) is 0. The maximum atomic E-state index is 5.56. The molecule has 2 nitrogen and oxygen atoms in total. The lowest BCUT2D eigenvalue weighted by molar-refractivity contribution is 0.806. The molecule has 11 heavy (non-hydrogen) atoms. The van der Waals surface area contributed by atoms with Crippen LogP contribution in [0.1, 0.15) is 31.2 Å². The molecular formula is C8H11ClN2. The minimum Gasteiger partial charge on any atom is -0.257 e. The van der Waals surface area contributed by atoms with Crippen LogP contribution >= 0.6 is 11.6 Å². The second-order valence-corrected chi connectivity index (χ2v) is 2.99. The highest BCUT2D eigenvalue weighted by atomic mass is 35.5. The lowest BCUT2D eigenvalue weighted by Crippen LogP contribution is -1.95. The van der Waals surface area contributed by atoms with E-state index in [1.807, 2.05) is 0 Å². The SMILES string of the molecule is CC(C)c1cnc(CCl)cn1. The van der Waals surface area contributed by atoms with E-state index in [0.29, 0.717) is 11.8 Å². The Labute approximate surface area is 71.6 Å². The summed E-state index contributed by atoms with van der Waals surface area (Å²) < 4.78 is 0. The molecule has 3 heteroatoms. The van der Waals surface area contributed by atoms with Crippen molar-refractivity contribution >= 4 is 11.6 Å². The summed E-state index contributed by atoms with van der Waals surface area (Å²) in [5, 5.41) is 0. The van der Waals surface area contributed by atoms with Crippen LogP contribution in [0.2, 0.25) is 0 Å². The molecule has 0 aliphatic rings. The molecule has 0 spiro atoms. The molecule has 1 rings (SSSR count). The van der Waals surface area contributed by atoms with Crippen LogP contribution in [0.4, 0.5) is 0 Å². The third kappa shape index (κ3) is 2.15. The first-order valence-electron chi connectivity index (χ1n) is 3.61. The standard InChI is InChI=1S/C8H11ClN2/c1-6(2)8-5-10-7(3-9)4-11-8/h4-6H,3H2,1-2H3. The van der Waals surface area contributed by atoms with Crippen molar-refractivity contribution in [1.82, 2.24) is 9.97 Å². The van der Waals surface area contributed by atoms with Gasteiger partial charge >= 0.3 is 0 Å². The van der Waals surface area contributed by atoms with Gasteiger partial charge in [-0.1, -0.05) is 13.8 Å². The summed E-state index contributed by atoms with van der Waals surface area (Å²) in [6.07, 6.45) is 3.50. The van der Waals surface area contributed by atoms with Gasteiger partial charge in [-0.25, -0.2) is 0 Å². The van der Waals surface area contributed by atoms with Gasteiger partial charge in [-0.05, 0) is 5.92 Å². The summed E-state index contributed by atoms with van der Waals surface area (Å²) in [5.74, 6) is 0.873. The van der Waals surface area contributed by atoms with E-state index in [9.17, 15) is 0 Å². The second kappa shape index (κ2) is 3.67. The molecule has 0 saturated heterocycles. The number of aromatic nitrogens is 2. The van der Waals surface area contributed by atoms with Crippen molar-refractivity contribution in [1.29, 1.82) is 0 Å². The van der Waals surface area contributed by atoms with Crippen LogP contribution in [-0.4, -0.2) is 9.97 Å². The van der Waals surface area contributed by atoms with Crippen LogP contribution in [-0.2, 0) is 5.88 Å². The van der Waals surface area contributed by atoms with Gasteiger partial charge in [0, 0.05) is 12.4 Å². The highest BCUT2D eigenvalue weighted by Gasteiger charge is 2.00. The molecule has 0 aromatic carbocycles. The first-order valence-corrected chi connectivity index (χ1v) is 4.14. The van der Waals surface area contributed by atoms with Gasteiger partial charge in [0.1, 0.15) is 0 Å². The van der Waals surface area contributed by atoms with Gasteiger partial charge in [-0.15, -0.1) is 11.6 Å². The fourth-order valence-electron chi connectivity index (χ4n) is 0.732. The normalized spacial score (nSPS) is 10.5. The first kappa shape index (κ1) is 8.47. The number of halogens is 1. The Hall–Kier alpha value is -0.630. The molecule has 0 fully saturated rings. The Morgan fingerprint density at radius 3 is 2.45 bits per heavy atom. The number of hydrogen-bond acceptors (Lipinski definition) is 2. The summed E-state index contributed by atoms with van der Waals surface area (Å²) in [5.41, 5.74) is 1.84. The van der Waals surface area contributed by atoms with Crippen molar-refractivity contribution in [3.05, 3.63) is 23.8 Å². The highest BCUT2D eigenvalue weighted by Crippen LogP contribution is 2.09. The number of hydrogen-bond donors (Lipinski definition) is 0. The third-order valence-corrected chi connectivity index (χ3v) is 1.73. The van der Waals surface area contributed by atoms with E-state index in [1.165, 1.54) is 0 Å². The topological polar surface area (TPSA) is 25.8 Å². The minimum absolute atomic E-state index is 0.436. The van der Waals surface area contributed by atoms with Crippen LogP contribution in [0, 0.1) is 0 Å². The van der Waals surface area contributed by atoms with E-state index >= 15 is 0 Å². The van der Waals surface area contributed by atoms with Gasteiger partial charge < -0.3 is 0 Å². The molecule has 60 valence electrons. The molecule has 0 atom stereocenters. The number of nitrogens with zero attached hydrogens (tertiary/aromatic N) is 2. The third-order valence-electron chi connectivity index (χ3n) is 1.45. The van der Waals surface area contributed by atoms with Crippen molar-refractivity contribution in [3.63, 3.8) is 0 Å². The average molecular weight is 171 g/mol. The fourth-order valence-corrected chi connectivity index (χ4v) is 0.870. The maximum absolute atomic E-state index is 5.56. The molecule has 0 unspecified atom stereocenters. The Balaban J connectivity index is 2.83. The molecule has 1 heterocycles. The second-order valence-electron chi connectivity index (χ2n) is 2.72. The average Bonchev–Trinajstić information content (AvgIpc) is 2.05. The van der Waals surface area contributed by atoms with Crippen LogP contribution < -0.4 is 0 Å². The van der Waals surface area contributed by atoms with Gasteiger partial charge in [-0.3, -0.25) is 9.97 Å². The van der Waals surface area contributed by atoms with Crippen molar-refractivity contribution in [2.24, 2.45) is 0 Å². The number of rotatable bonds is 2. The Morgan fingerprint density at radius 1 is 1.36 bits per heavy atom. The summed E-state index contributed by atoms with van der Waals surface area (Å²) in [6.45, 7) is 4.18. The Morgan fingerprint density at radius 2 is 2.09 bits per heavy atom. The zero-order chi connectivity index (χ0) is 8.27. The molecule has 0 aliphatic heterocycles. The Kier molecular flexibility index (Phi) is 2.83. The van der Waals surface area contributed by atoms with Crippen LogP contribution in [0.3, 0.4) is 0 Å². The predicted octanol–water partition coefficient (Wildman–Crippen LogP) is 2.34. The van der Waals surface area contributed by atoms with Crippen molar-refractivity contribution in [2.45, 2.75) is 25.6 Å². The van der Waals surface area contributed by atoms with Crippen molar-refractivity contribution < 1.29 is 0 Å². The van der Waals surface area contributed by atoms with E-state index in [1.54, 1.807) is 12.4 Å². The lowest BCUT2D eigenvalue weighted by Gasteiger charge is -2.02. The molecule has 1 aromatic rings. The van der Waals surface area contributed by atoms with Gasteiger partial charge in [0.15, 0.2) is 0 Å². The molecule has 0 N–H and O–H groups in total. The van der Waals surface area contributed by atoms with Crippen molar-refractivity contribution in [3.8, 4) is 0 Å². The van der Waals surface area contributed by atoms with E-state index < -0.39 is 0 Å². The van der Waals surface area contributed by atoms with Crippen LogP contribution in [0.25, 0.3) is 0 Å². The number of alkyl halides is 1.